The molecule has 0 heterocycles. The quantitative estimate of drug-likeness (QED) is 0.694. The lowest BCUT2D eigenvalue weighted by molar-refractivity contribution is -0.142. The highest BCUT2D eigenvalue weighted by atomic mass is 16.5. The summed E-state index contributed by atoms with van der Waals surface area (Å²) in [4.78, 5) is 35.7. The minimum Gasteiger partial charge on any atom is -0.468 e. The normalized spacial score (nSPS) is 11.1. The summed E-state index contributed by atoms with van der Waals surface area (Å²) in [6.07, 6.45) is 0. The Morgan fingerprint density at radius 2 is 1.74 bits per heavy atom. The fourth-order valence-electron chi connectivity index (χ4n) is 1.27. The van der Waals surface area contributed by atoms with E-state index < -0.39 is 23.4 Å². The van der Waals surface area contributed by atoms with Crippen LogP contribution < -0.4 is 10.6 Å². The van der Waals surface area contributed by atoms with E-state index in [0.29, 0.717) is 6.54 Å². The molecule has 2 N–H and O–H groups in total. The zero-order valence-electron chi connectivity index (χ0n) is 12.2. The molecule has 0 aromatic rings. The maximum absolute atomic E-state index is 11.6. The van der Waals surface area contributed by atoms with E-state index in [4.69, 9.17) is 0 Å². The van der Waals surface area contributed by atoms with E-state index in [-0.39, 0.29) is 13.1 Å². The lowest BCUT2D eigenvalue weighted by atomic mass is 10.1. The lowest BCUT2D eigenvalue weighted by Gasteiger charge is -2.21. The zero-order chi connectivity index (χ0) is 15.1. The Morgan fingerprint density at radius 3 is 2.16 bits per heavy atom. The molecule has 0 radical (unpaired) electrons. The molecule has 3 amide bonds. The Bertz CT molecular complexity index is 336. The monoisotopic (exact) mass is 273 g/mol. The number of rotatable bonds is 5. The van der Waals surface area contributed by atoms with Gasteiger partial charge in [0.15, 0.2) is 0 Å². The number of carbonyl (C=O) groups excluding carboxylic acids is 3. The van der Waals surface area contributed by atoms with Crippen LogP contribution in [0, 0.1) is 0 Å². The van der Waals surface area contributed by atoms with Crippen LogP contribution in [0.2, 0.25) is 0 Å². The van der Waals surface area contributed by atoms with Crippen LogP contribution in [0.25, 0.3) is 0 Å². The fraction of sp³-hybridized carbons (Fsp3) is 0.750. The maximum atomic E-state index is 11.6. The SMILES string of the molecule is CCN(CC(=O)NC(=O)NC(C)(C)C)CC(=O)OC. The molecule has 0 aromatic heterocycles. The molecule has 0 fully saturated rings. The Balaban J connectivity index is 4.21. The van der Waals surface area contributed by atoms with Crippen LogP contribution in [0.3, 0.4) is 0 Å². The molecule has 0 spiro atoms. The molecule has 0 aliphatic heterocycles. The average Bonchev–Trinajstić information content (AvgIpc) is 2.24. The number of imide groups is 1. The number of methoxy groups -OCH3 is 1. The smallest absolute Gasteiger partial charge is 0.321 e. The molecule has 0 rings (SSSR count). The summed E-state index contributed by atoms with van der Waals surface area (Å²) in [6.45, 7) is 7.73. The van der Waals surface area contributed by atoms with Crippen molar-refractivity contribution in [1.29, 1.82) is 0 Å². The van der Waals surface area contributed by atoms with Crippen LogP contribution in [-0.4, -0.2) is 55.1 Å². The molecule has 0 aliphatic rings. The van der Waals surface area contributed by atoms with Gasteiger partial charge in [-0.3, -0.25) is 19.8 Å². The summed E-state index contributed by atoms with van der Waals surface area (Å²) >= 11 is 0. The minimum atomic E-state index is -0.549. The van der Waals surface area contributed by atoms with Crippen molar-refractivity contribution < 1.29 is 19.1 Å². The predicted octanol–water partition coefficient (Wildman–Crippen LogP) is 0.106. The Morgan fingerprint density at radius 1 is 1.16 bits per heavy atom. The van der Waals surface area contributed by atoms with Gasteiger partial charge in [0.05, 0.1) is 20.2 Å². The Kier molecular flexibility index (Phi) is 7.06. The van der Waals surface area contributed by atoms with E-state index in [1.165, 1.54) is 7.11 Å². The van der Waals surface area contributed by atoms with Gasteiger partial charge in [-0.1, -0.05) is 6.92 Å². The van der Waals surface area contributed by atoms with Gasteiger partial charge in [0, 0.05) is 5.54 Å². The Hall–Kier alpha value is -1.63. The van der Waals surface area contributed by atoms with Crippen molar-refractivity contribution in [3.8, 4) is 0 Å². The molecule has 0 saturated carbocycles. The van der Waals surface area contributed by atoms with Gasteiger partial charge < -0.3 is 10.1 Å². The third-order valence-corrected chi connectivity index (χ3v) is 2.14. The van der Waals surface area contributed by atoms with E-state index >= 15 is 0 Å². The van der Waals surface area contributed by atoms with Crippen LogP contribution in [0.1, 0.15) is 27.7 Å². The van der Waals surface area contributed by atoms with Gasteiger partial charge in [-0.05, 0) is 27.3 Å². The first kappa shape index (κ1) is 17.4. The maximum Gasteiger partial charge on any atom is 0.321 e. The van der Waals surface area contributed by atoms with Crippen LogP contribution in [-0.2, 0) is 14.3 Å². The van der Waals surface area contributed by atoms with Gasteiger partial charge in [-0.25, -0.2) is 4.79 Å². The number of hydrogen-bond donors (Lipinski definition) is 2. The van der Waals surface area contributed by atoms with Crippen LogP contribution in [0.4, 0.5) is 4.79 Å². The van der Waals surface area contributed by atoms with Crippen molar-refractivity contribution in [2.45, 2.75) is 33.2 Å². The van der Waals surface area contributed by atoms with E-state index in [1.807, 2.05) is 27.7 Å². The molecule has 0 aromatic carbocycles. The van der Waals surface area contributed by atoms with Gasteiger partial charge in [-0.2, -0.15) is 0 Å². The van der Waals surface area contributed by atoms with Crippen LogP contribution in [0.5, 0.6) is 0 Å². The lowest BCUT2D eigenvalue weighted by Crippen LogP contribution is -2.50. The van der Waals surface area contributed by atoms with Gasteiger partial charge in [0.25, 0.3) is 0 Å². The molecule has 0 bridgehead atoms. The predicted molar refractivity (Wildman–Crippen MR) is 70.6 cm³/mol. The van der Waals surface area contributed by atoms with E-state index in [1.54, 1.807) is 4.90 Å². The third kappa shape index (κ3) is 9.01. The van der Waals surface area contributed by atoms with Crippen LogP contribution in [0.15, 0.2) is 0 Å². The standard InChI is InChI=1S/C12H23N3O4/c1-6-15(8-10(17)19-5)7-9(16)13-11(18)14-12(2,3)4/h6-8H2,1-5H3,(H2,13,14,16,18). The van der Waals surface area contributed by atoms with Gasteiger partial charge in [0.2, 0.25) is 5.91 Å². The molecule has 110 valence electrons. The molecule has 7 nitrogen and oxygen atoms in total. The first-order chi connectivity index (χ1) is 8.67. The highest BCUT2D eigenvalue weighted by Gasteiger charge is 2.18. The number of nitrogens with zero attached hydrogens (tertiary/aromatic N) is 1. The highest BCUT2D eigenvalue weighted by Crippen LogP contribution is 1.97. The largest absolute Gasteiger partial charge is 0.468 e. The summed E-state index contributed by atoms with van der Waals surface area (Å²) in [7, 11) is 1.28. The van der Waals surface area contributed by atoms with E-state index in [0.717, 1.165) is 0 Å². The van der Waals surface area contributed by atoms with Crippen molar-refractivity contribution in [3.63, 3.8) is 0 Å². The van der Waals surface area contributed by atoms with Gasteiger partial charge in [0.1, 0.15) is 0 Å². The number of ether oxygens (including phenoxy) is 1. The number of urea groups is 1. The molecule has 19 heavy (non-hydrogen) atoms. The molecular formula is C12H23N3O4. The third-order valence-electron chi connectivity index (χ3n) is 2.14. The summed E-state index contributed by atoms with van der Waals surface area (Å²) < 4.78 is 4.52. The average molecular weight is 273 g/mol. The number of likely N-dealkylation sites (N-methyl/N-ethyl adjacent to an activating group) is 1. The van der Waals surface area contributed by atoms with Crippen molar-refractivity contribution in [2.24, 2.45) is 0 Å². The summed E-state index contributed by atoms with van der Waals surface area (Å²) in [5.74, 6) is -0.888. The molecule has 0 unspecified atom stereocenters. The van der Waals surface area contributed by atoms with Crippen LogP contribution >= 0.6 is 0 Å². The second-order valence-electron chi connectivity index (χ2n) is 5.13. The first-order valence-electron chi connectivity index (χ1n) is 6.09. The number of esters is 1. The molecule has 0 atom stereocenters. The minimum absolute atomic E-state index is 0.0152. The van der Waals surface area contributed by atoms with E-state index in [9.17, 15) is 14.4 Å². The highest BCUT2D eigenvalue weighted by molar-refractivity contribution is 5.95. The summed E-state index contributed by atoms with van der Waals surface area (Å²) in [6, 6.07) is -0.549. The number of carbonyl (C=O) groups is 3. The van der Waals surface area contributed by atoms with Crippen molar-refractivity contribution in [2.75, 3.05) is 26.7 Å². The molecule has 0 saturated heterocycles. The van der Waals surface area contributed by atoms with Gasteiger partial charge >= 0.3 is 12.0 Å². The van der Waals surface area contributed by atoms with Crippen molar-refractivity contribution in [3.05, 3.63) is 0 Å². The number of nitrogens with one attached hydrogen (secondary N) is 2. The zero-order valence-corrected chi connectivity index (χ0v) is 12.2. The number of amides is 3. The summed E-state index contributed by atoms with van der Waals surface area (Å²) in [5, 5.41) is 4.82. The molecule has 0 aliphatic carbocycles. The topological polar surface area (TPSA) is 87.7 Å². The van der Waals surface area contributed by atoms with E-state index in [2.05, 4.69) is 15.4 Å². The number of hydrogen-bond acceptors (Lipinski definition) is 5. The molecule has 7 heteroatoms. The van der Waals surface area contributed by atoms with Gasteiger partial charge in [-0.15, -0.1) is 0 Å². The van der Waals surface area contributed by atoms with Crippen molar-refractivity contribution >= 4 is 17.9 Å². The molecular weight excluding hydrogens is 250 g/mol. The summed E-state index contributed by atoms with van der Waals surface area (Å²) in [5.41, 5.74) is -0.416. The second-order valence-corrected chi connectivity index (χ2v) is 5.13. The first-order valence-corrected chi connectivity index (χ1v) is 6.09. The second kappa shape index (κ2) is 7.73. The van der Waals surface area contributed by atoms with Crippen molar-refractivity contribution in [1.82, 2.24) is 15.5 Å². The Labute approximate surface area is 113 Å². The fourth-order valence-corrected chi connectivity index (χ4v) is 1.27.